The van der Waals surface area contributed by atoms with Gasteiger partial charge in [0, 0.05) is 38.7 Å². The summed E-state index contributed by atoms with van der Waals surface area (Å²) in [4.78, 5) is 4.26. The zero-order valence-corrected chi connectivity index (χ0v) is 21.7. The maximum atomic E-state index is 12.3. The number of nitrogens with zero attached hydrogens (tertiary/aromatic N) is 1. The van der Waals surface area contributed by atoms with Gasteiger partial charge in [-0.25, -0.2) is 13.1 Å². The van der Waals surface area contributed by atoms with E-state index in [2.05, 4.69) is 34.2 Å². The van der Waals surface area contributed by atoms with Gasteiger partial charge in [-0.15, -0.1) is 24.0 Å². The maximum Gasteiger partial charge on any atom is 0.213 e. The quantitative estimate of drug-likeness (QED) is 0.267. The number of guanidine groups is 1. The number of para-hydroxylation sites is 1. The molecular formula is C21H35IN4O4S. The summed E-state index contributed by atoms with van der Waals surface area (Å²) in [5.74, 6) is 1.40. The number of hydrogen-bond donors (Lipinski definition) is 3. The SMILES string of the molecule is CN=C(NCCS(=O)(=O)NCC1CCCCO1)NC1CC(C)(C)Oc2ccccc21.I. The van der Waals surface area contributed by atoms with E-state index in [9.17, 15) is 8.42 Å². The van der Waals surface area contributed by atoms with Crippen molar-refractivity contribution in [3.63, 3.8) is 0 Å². The maximum absolute atomic E-state index is 12.3. The fraction of sp³-hybridized carbons (Fsp3) is 0.667. The second-order valence-corrected chi connectivity index (χ2v) is 10.4. The van der Waals surface area contributed by atoms with E-state index in [1.165, 1.54) is 0 Å². The van der Waals surface area contributed by atoms with Crippen molar-refractivity contribution in [1.29, 1.82) is 0 Å². The molecule has 31 heavy (non-hydrogen) atoms. The fourth-order valence-electron chi connectivity index (χ4n) is 3.85. The van der Waals surface area contributed by atoms with Crippen LogP contribution < -0.4 is 20.1 Å². The van der Waals surface area contributed by atoms with E-state index >= 15 is 0 Å². The van der Waals surface area contributed by atoms with Crippen LogP contribution in [0.3, 0.4) is 0 Å². The molecule has 2 atom stereocenters. The van der Waals surface area contributed by atoms with Crippen LogP contribution in [0.1, 0.15) is 51.1 Å². The molecule has 2 heterocycles. The van der Waals surface area contributed by atoms with E-state index < -0.39 is 10.0 Å². The number of fused-ring (bicyclic) bond motifs is 1. The smallest absolute Gasteiger partial charge is 0.213 e. The first kappa shape index (κ1) is 26.1. The molecule has 1 saturated heterocycles. The van der Waals surface area contributed by atoms with Crippen molar-refractivity contribution >= 4 is 40.0 Å². The van der Waals surface area contributed by atoms with Crippen LogP contribution in [-0.4, -0.2) is 58.6 Å². The molecule has 0 amide bonds. The van der Waals surface area contributed by atoms with E-state index in [1.54, 1.807) is 7.05 Å². The minimum atomic E-state index is -3.38. The molecular weight excluding hydrogens is 531 g/mol. The lowest BCUT2D eigenvalue weighted by Crippen LogP contribution is -2.46. The van der Waals surface area contributed by atoms with Gasteiger partial charge in [0.25, 0.3) is 0 Å². The molecule has 0 aromatic heterocycles. The first-order chi connectivity index (χ1) is 14.3. The molecule has 2 unspecified atom stereocenters. The Kier molecular flexibility index (Phi) is 9.84. The van der Waals surface area contributed by atoms with Crippen molar-refractivity contribution in [2.24, 2.45) is 4.99 Å². The summed E-state index contributed by atoms with van der Waals surface area (Å²) in [5, 5.41) is 6.53. The molecule has 1 fully saturated rings. The Morgan fingerprint density at radius 2 is 2.03 bits per heavy atom. The zero-order valence-electron chi connectivity index (χ0n) is 18.5. The van der Waals surface area contributed by atoms with Crippen molar-refractivity contribution < 1.29 is 17.9 Å². The fourth-order valence-corrected chi connectivity index (χ4v) is 4.81. The van der Waals surface area contributed by atoms with E-state index in [0.717, 1.165) is 37.0 Å². The first-order valence-electron chi connectivity index (χ1n) is 10.6. The minimum Gasteiger partial charge on any atom is -0.487 e. The number of aliphatic imine (C=N–C) groups is 1. The van der Waals surface area contributed by atoms with Gasteiger partial charge in [0.1, 0.15) is 11.4 Å². The summed E-state index contributed by atoms with van der Waals surface area (Å²) in [5.41, 5.74) is 0.765. The third kappa shape index (κ3) is 8.07. The van der Waals surface area contributed by atoms with Gasteiger partial charge in [0.2, 0.25) is 10.0 Å². The molecule has 2 aliphatic rings. The Bertz CT molecular complexity index is 842. The van der Waals surface area contributed by atoms with Gasteiger partial charge < -0.3 is 20.1 Å². The third-order valence-corrected chi connectivity index (χ3v) is 6.73. The summed E-state index contributed by atoms with van der Waals surface area (Å²) in [7, 11) is -1.70. The highest BCUT2D eigenvalue weighted by Crippen LogP contribution is 2.39. The highest BCUT2D eigenvalue weighted by molar-refractivity contribution is 14.0. The van der Waals surface area contributed by atoms with Crippen molar-refractivity contribution in [3.8, 4) is 5.75 Å². The molecule has 10 heteroatoms. The zero-order chi connectivity index (χ0) is 21.6. The molecule has 176 valence electrons. The van der Waals surface area contributed by atoms with Gasteiger partial charge >= 0.3 is 0 Å². The Labute approximate surface area is 203 Å². The molecule has 1 aromatic rings. The lowest BCUT2D eigenvalue weighted by molar-refractivity contribution is 0.0200. The second kappa shape index (κ2) is 11.7. The third-order valence-electron chi connectivity index (χ3n) is 5.38. The number of hydrogen-bond acceptors (Lipinski definition) is 5. The summed E-state index contributed by atoms with van der Waals surface area (Å²) < 4.78 is 38.9. The van der Waals surface area contributed by atoms with Gasteiger partial charge in [-0.2, -0.15) is 0 Å². The molecule has 0 radical (unpaired) electrons. The number of benzene rings is 1. The largest absolute Gasteiger partial charge is 0.487 e. The average molecular weight is 567 g/mol. The Morgan fingerprint density at radius 1 is 1.26 bits per heavy atom. The van der Waals surface area contributed by atoms with Gasteiger partial charge in [-0.3, -0.25) is 4.99 Å². The van der Waals surface area contributed by atoms with Gasteiger partial charge in [-0.05, 0) is 39.2 Å². The number of ether oxygens (including phenoxy) is 2. The van der Waals surface area contributed by atoms with E-state index in [-0.39, 0.29) is 54.0 Å². The standard InChI is InChI=1S/C21H34N4O4S.HI/c1-21(2)14-18(17-9-4-5-10-19(17)29-21)25-20(22-3)23-11-13-30(26,27)24-15-16-8-6-7-12-28-16;/h4-5,9-10,16,18,24H,6-8,11-15H2,1-3H3,(H2,22,23,25);1H. The van der Waals surface area contributed by atoms with E-state index in [1.807, 2.05) is 24.3 Å². The van der Waals surface area contributed by atoms with Crippen molar-refractivity contribution in [1.82, 2.24) is 15.4 Å². The summed E-state index contributed by atoms with van der Waals surface area (Å²) >= 11 is 0. The molecule has 0 saturated carbocycles. The summed E-state index contributed by atoms with van der Waals surface area (Å²) in [6, 6.07) is 7.97. The molecule has 2 aliphatic heterocycles. The molecule has 3 N–H and O–H groups in total. The Balaban J connectivity index is 0.00000341. The van der Waals surface area contributed by atoms with Gasteiger partial charge in [0.05, 0.1) is 17.9 Å². The minimum absolute atomic E-state index is 0. The van der Waals surface area contributed by atoms with Crippen LogP contribution >= 0.6 is 24.0 Å². The van der Waals surface area contributed by atoms with Crippen LogP contribution in [0.15, 0.2) is 29.3 Å². The van der Waals surface area contributed by atoms with Crippen LogP contribution in [0.4, 0.5) is 0 Å². The van der Waals surface area contributed by atoms with Crippen molar-refractivity contribution in [2.75, 3.05) is 32.5 Å². The van der Waals surface area contributed by atoms with E-state index in [0.29, 0.717) is 19.1 Å². The topological polar surface area (TPSA) is 101 Å². The van der Waals surface area contributed by atoms with Crippen LogP contribution in [0, 0.1) is 0 Å². The van der Waals surface area contributed by atoms with E-state index in [4.69, 9.17) is 9.47 Å². The highest BCUT2D eigenvalue weighted by Gasteiger charge is 2.34. The van der Waals surface area contributed by atoms with Crippen LogP contribution in [0.25, 0.3) is 0 Å². The second-order valence-electron chi connectivity index (χ2n) is 8.46. The van der Waals surface area contributed by atoms with Crippen LogP contribution in [0.5, 0.6) is 5.75 Å². The predicted octanol–water partition coefficient (Wildman–Crippen LogP) is 2.56. The Hall–Kier alpha value is -1.11. The molecule has 8 nitrogen and oxygen atoms in total. The van der Waals surface area contributed by atoms with Crippen LogP contribution in [0.2, 0.25) is 0 Å². The normalized spacial score (nSPS) is 23.1. The average Bonchev–Trinajstić information content (AvgIpc) is 2.71. The molecule has 1 aromatic carbocycles. The predicted molar refractivity (Wildman–Crippen MR) is 134 cm³/mol. The number of halogens is 1. The van der Waals surface area contributed by atoms with Crippen molar-refractivity contribution in [3.05, 3.63) is 29.8 Å². The number of nitrogens with one attached hydrogen (secondary N) is 3. The molecule has 3 rings (SSSR count). The highest BCUT2D eigenvalue weighted by atomic mass is 127. The van der Waals surface area contributed by atoms with Gasteiger partial charge in [-0.1, -0.05) is 18.2 Å². The van der Waals surface area contributed by atoms with Gasteiger partial charge in [0.15, 0.2) is 5.96 Å². The summed E-state index contributed by atoms with van der Waals surface area (Å²) in [6.07, 6.45) is 3.79. The molecule has 0 spiro atoms. The Morgan fingerprint density at radius 3 is 2.74 bits per heavy atom. The van der Waals surface area contributed by atoms with Crippen LogP contribution in [-0.2, 0) is 14.8 Å². The lowest BCUT2D eigenvalue weighted by atomic mass is 9.90. The monoisotopic (exact) mass is 566 g/mol. The first-order valence-corrected chi connectivity index (χ1v) is 12.3. The van der Waals surface area contributed by atoms with Crippen molar-refractivity contribution in [2.45, 2.75) is 57.3 Å². The number of rotatable bonds is 7. The lowest BCUT2D eigenvalue weighted by Gasteiger charge is -2.38. The summed E-state index contributed by atoms with van der Waals surface area (Å²) in [6.45, 7) is 5.42. The molecule has 0 bridgehead atoms. The molecule has 0 aliphatic carbocycles. The number of sulfonamides is 1.